The van der Waals surface area contributed by atoms with Crippen LogP contribution in [-0.4, -0.2) is 28.8 Å². The van der Waals surface area contributed by atoms with Crippen LogP contribution in [0.2, 0.25) is 0 Å². The number of pyridine rings is 1. The van der Waals surface area contributed by atoms with Gasteiger partial charge < -0.3 is 10.0 Å². The maximum absolute atomic E-state index is 10.0. The van der Waals surface area contributed by atoms with Gasteiger partial charge in [-0.1, -0.05) is 0 Å². The number of halogens is 1. The maximum atomic E-state index is 10.0. The summed E-state index contributed by atoms with van der Waals surface area (Å²) in [4.78, 5) is 6.63. The molecular formula is C12H17BrN2O. The second-order valence-electron chi connectivity index (χ2n) is 4.65. The van der Waals surface area contributed by atoms with Gasteiger partial charge in [0.05, 0.1) is 10.1 Å². The van der Waals surface area contributed by atoms with Crippen LogP contribution in [0.3, 0.4) is 0 Å². The van der Waals surface area contributed by atoms with Gasteiger partial charge in [-0.15, -0.1) is 0 Å². The molecule has 0 amide bonds. The van der Waals surface area contributed by atoms with E-state index in [1.165, 1.54) is 0 Å². The van der Waals surface area contributed by atoms with Crippen molar-refractivity contribution in [1.29, 1.82) is 0 Å². The number of nitrogens with zero attached hydrogens (tertiary/aromatic N) is 2. The van der Waals surface area contributed by atoms with E-state index in [1.54, 1.807) is 0 Å². The first-order valence-corrected chi connectivity index (χ1v) is 6.46. The summed E-state index contributed by atoms with van der Waals surface area (Å²) in [7, 11) is 0. The van der Waals surface area contributed by atoms with Crippen molar-refractivity contribution in [2.45, 2.75) is 31.8 Å². The van der Waals surface area contributed by atoms with Crippen molar-refractivity contribution in [3.05, 3.63) is 22.8 Å². The summed E-state index contributed by atoms with van der Waals surface area (Å²) < 4.78 is 1.02. The second-order valence-corrected chi connectivity index (χ2v) is 5.50. The van der Waals surface area contributed by atoms with Crippen LogP contribution >= 0.6 is 15.9 Å². The number of aromatic nitrogens is 1. The summed E-state index contributed by atoms with van der Waals surface area (Å²) in [5, 5.41) is 10.0. The first-order valence-electron chi connectivity index (χ1n) is 5.66. The third-order valence-electron chi connectivity index (χ3n) is 3.10. The Hall–Kier alpha value is -0.610. The minimum absolute atomic E-state index is 0.518. The van der Waals surface area contributed by atoms with Gasteiger partial charge >= 0.3 is 0 Å². The Kier molecular flexibility index (Phi) is 3.50. The highest BCUT2D eigenvalue weighted by atomic mass is 79.9. The van der Waals surface area contributed by atoms with Crippen LogP contribution in [0.4, 0.5) is 5.82 Å². The average Bonchev–Trinajstić information content (AvgIpc) is 2.40. The van der Waals surface area contributed by atoms with Gasteiger partial charge in [0.25, 0.3) is 0 Å². The first-order chi connectivity index (χ1) is 7.58. The Labute approximate surface area is 105 Å². The lowest BCUT2D eigenvalue weighted by molar-refractivity contribution is 0.0481. The summed E-state index contributed by atoms with van der Waals surface area (Å²) in [5.74, 6) is 0.986. The molecule has 1 saturated heterocycles. The van der Waals surface area contributed by atoms with E-state index in [0.717, 1.165) is 42.6 Å². The van der Waals surface area contributed by atoms with Crippen molar-refractivity contribution < 1.29 is 5.11 Å². The normalized spacial score (nSPS) is 26.6. The SMILES string of the molecule is CC1(O)CCCN(c2ncccc2Br)CC1. The monoisotopic (exact) mass is 284 g/mol. The van der Waals surface area contributed by atoms with E-state index in [-0.39, 0.29) is 0 Å². The van der Waals surface area contributed by atoms with Crippen LogP contribution in [0.25, 0.3) is 0 Å². The highest BCUT2D eigenvalue weighted by Crippen LogP contribution is 2.28. The molecule has 1 aromatic heterocycles. The lowest BCUT2D eigenvalue weighted by atomic mass is 9.98. The van der Waals surface area contributed by atoms with Crippen LogP contribution in [0, 0.1) is 0 Å². The topological polar surface area (TPSA) is 36.4 Å². The standard InChI is InChI=1S/C12H17BrN2O/c1-12(16)5-3-8-15(9-6-12)11-10(13)4-2-7-14-11/h2,4,7,16H,3,5-6,8-9H2,1H3. The molecule has 0 aliphatic carbocycles. The van der Waals surface area contributed by atoms with E-state index < -0.39 is 5.60 Å². The summed E-state index contributed by atoms with van der Waals surface area (Å²) in [5.41, 5.74) is -0.518. The van der Waals surface area contributed by atoms with Crippen LogP contribution in [0.15, 0.2) is 22.8 Å². The molecule has 2 rings (SSSR count). The zero-order valence-corrected chi connectivity index (χ0v) is 11.1. The average molecular weight is 285 g/mol. The molecule has 1 fully saturated rings. The Morgan fingerprint density at radius 1 is 1.44 bits per heavy atom. The fourth-order valence-corrected chi connectivity index (χ4v) is 2.59. The number of hydrogen-bond acceptors (Lipinski definition) is 3. The number of anilines is 1. The number of hydrogen-bond donors (Lipinski definition) is 1. The third kappa shape index (κ3) is 2.74. The van der Waals surface area contributed by atoms with Gasteiger partial charge in [-0.05, 0) is 54.2 Å². The molecule has 0 aromatic carbocycles. The fraction of sp³-hybridized carbons (Fsp3) is 0.583. The van der Waals surface area contributed by atoms with Gasteiger partial charge in [-0.3, -0.25) is 0 Å². The molecule has 1 aromatic rings. The summed E-state index contributed by atoms with van der Waals surface area (Å²) in [6.07, 6.45) is 4.49. The van der Waals surface area contributed by atoms with Crippen molar-refractivity contribution in [3.63, 3.8) is 0 Å². The van der Waals surface area contributed by atoms with Gasteiger partial charge in [0, 0.05) is 19.3 Å². The van der Waals surface area contributed by atoms with Crippen molar-refractivity contribution in [3.8, 4) is 0 Å². The first kappa shape index (κ1) is 11.9. The minimum atomic E-state index is -0.518. The predicted molar refractivity (Wildman–Crippen MR) is 68.6 cm³/mol. The molecule has 1 unspecified atom stereocenters. The van der Waals surface area contributed by atoms with Gasteiger partial charge in [0.15, 0.2) is 0 Å². The van der Waals surface area contributed by atoms with Gasteiger partial charge in [0.2, 0.25) is 0 Å². The number of aliphatic hydroxyl groups is 1. The van der Waals surface area contributed by atoms with Gasteiger partial charge in [0.1, 0.15) is 5.82 Å². The molecule has 16 heavy (non-hydrogen) atoms. The van der Waals surface area contributed by atoms with Crippen molar-refractivity contribution in [1.82, 2.24) is 4.98 Å². The molecule has 3 nitrogen and oxygen atoms in total. The predicted octanol–water partition coefficient (Wildman–Crippen LogP) is 2.59. The summed E-state index contributed by atoms with van der Waals surface area (Å²) in [6, 6.07) is 3.92. The van der Waals surface area contributed by atoms with E-state index in [4.69, 9.17) is 0 Å². The third-order valence-corrected chi connectivity index (χ3v) is 3.72. The molecule has 1 aliphatic rings. The molecule has 0 spiro atoms. The van der Waals surface area contributed by atoms with Crippen LogP contribution in [0.5, 0.6) is 0 Å². The van der Waals surface area contributed by atoms with E-state index in [0.29, 0.717) is 0 Å². The Bertz CT molecular complexity index is 368. The molecule has 88 valence electrons. The molecule has 0 bridgehead atoms. The van der Waals surface area contributed by atoms with E-state index in [9.17, 15) is 5.11 Å². The minimum Gasteiger partial charge on any atom is -0.390 e. The smallest absolute Gasteiger partial charge is 0.142 e. The molecule has 2 heterocycles. The Morgan fingerprint density at radius 2 is 2.25 bits per heavy atom. The summed E-state index contributed by atoms with van der Waals surface area (Å²) >= 11 is 3.52. The van der Waals surface area contributed by atoms with Crippen LogP contribution < -0.4 is 4.90 Å². The molecule has 1 atom stereocenters. The van der Waals surface area contributed by atoms with Crippen molar-refractivity contribution in [2.75, 3.05) is 18.0 Å². The fourth-order valence-electron chi connectivity index (χ4n) is 2.09. The lowest BCUT2D eigenvalue weighted by Crippen LogP contribution is -2.28. The van der Waals surface area contributed by atoms with Crippen molar-refractivity contribution >= 4 is 21.7 Å². The Balaban J connectivity index is 2.14. The molecule has 1 aliphatic heterocycles. The lowest BCUT2D eigenvalue weighted by Gasteiger charge is -2.24. The zero-order chi connectivity index (χ0) is 11.6. The quantitative estimate of drug-likeness (QED) is 0.861. The largest absolute Gasteiger partial charge is 0.390 e. The zero-order valence-electron chi connectivity index (χ0n) is 9.49. The van der Waals surface area contributed by atoms with Gasteiger partial charge in [-0.2, -0.15) is 0 Å². The molecular weight excluding hydrogens is 268 g/mol. The maximum Gasteiger partial charge on any atom is 0.142 e. The highest BCUT2D eigenvalue weighted by Gasteiger charge is 2.25. The van der Waals surface area contributed by atoms with E-state index in [1.807, 2.05) is 25.3 Å². The molecule has 0 radical (unpaired) electrons. The van der Waals surface area contributed by atoms with E-state index in [2.05, 4.69) is 25.8 Å². The molecule has 4 heteroatoms. The Morgan fingerprint density at radius 3 is 3.00 bits per heavy atom. The molecule has 0 saturated carbocycles. The number of rotatable bonds is 1. The van der Waals surface area contributed by atoms with Crippen LogP contribution in [0.1, 0.15) is 26.2 Å². The second kappa shape index (κ2) is 4.72. The van der Waals surface area contributed by atoms with Crippen molar-refractivity contribution in [2.24, 2.45) is 0 Å². The molecule has 1 N–H and O–H groups in total. The van der Waals surface area contributed by atoms with Gasteiger partial charge in [-0.25, -0.2) is 4.98 Å². The summed E-state index contributed by atoms with van der Waals surface area (Å²) in [6.45, 7) is 3.75. The highest BCUT2D eigenvalue weighted by molar-refractivity contribution is 9.10. The van der Waals surface area contributed by atoms with E-state index >= 15 is 0 Å². The van der Waals surface area contributed by atoms with Crippen LogP contribution in [-0.2, 0) is 0 Å².